The third kappa shape index (κ3) is 3.99. The lowest BCUT2D eigenvalue weighted by molar-refractivity contribution is 0.163. The Kier molecular flexibility index (Phi) is 4.63. The van der Waals surface area contributed by atoms with Crippen molar-refractivity contribution in [2.45, 2.75) is 18.7 Å². The van der Waals surface area contributed by atoms with Gasteiger partial charge in [-0.2, -0.15) is 5.26 Å². The van der Waals surface area contributed by atoms with Gasteiger partial charge in [-0.1, -0.05) is 13.8 Å². The predicted octanol–water partition coefficient (Wildman–Crippen LogP) is 0.994. The topological polar surface area (TPSA) is 90.2 Å². The van der Waals surface area contributed by atoms with E-state index in [9.17, 15) is 12.8 Å². The summed E-state index contributed by atoms with van der Waals surface area (Å²) in [5.74, 6) is -0.767. The maximum atomic E-state index is 13.1. The number of hydrogen-bond acceptors (Lipinski definition) is 4. The van der Waals surface area contributed by atoms with Crippen LogP contribution in [0.4, 0.5) is 4.39 Å². The highest BCUT2D eigenvalue weighted by Gasteiger charge is 2.22. The zero-order valence-corrected chi connectivity index (χ0v) is 11.5. The summed E-state index contributed by atoms with van der Waals surface area (Å²) in [6.07, 6.45) is 0. The molecule has 0 unspecified atom stereocenters. The van der Waals surface area contributed by atoms with E-state index in [1.165, 1.54) is 0 Å². The summed E-state index contributed by atoms with van der Waals surface area (Å²) in [6.45, 7) is 3.25. The normalized spacial score (nSPS) is 12.2. The molecule has 0 aliphatic heterocycles. The maximum Gasteiger partial charge on any atom is 0.240 e. The summed E-state index contributed by atoms with van der Waals surface area (Å²) in [5.41, 5.74) is -0.935. The van der Waals surface area contributed by atoms with Crippen molar-refractivity contribution in [2.75, 3.05) is 13.2 Å². The highest BCUT2D eigenvalue weighted by Crippen LogP contribution is 2.17. The number of sulfonamides is 1. The van der Waals surface area contributed by atoms with Crippen LogP contribution in [0.2, 0.25) is 0 Å². The fourth-order valence-corrected chi connectivity index (χ4v) is 2.45. The van der Waals surface area contributed by atoms with E-state index in [4.69, 9.17) is 10.4 Å². The van der Waals surface area contributed by atoms with Crippen molar-refractivity contribution in [1.82, 2.24) is 4.72 Å². The van der Waals surface area contributed by atoms with E-state index in [1.54, 1.807) is 19.9 Å². The van der Waals surface area contributed by atoms with Crippen molar-refractivity contribution in [3.8, 4) is 6.07 Å². The van der Waals surface area contributed by atoms with Crippen molar-refractivity contribution in [3.05, 3.63) is 29.6 Å². The van der Waals surface area contributed by atoms with E-state index in [0.29, 0.717) is 0 Å². The highest BCUT2D eigenvalue weighted by molar-refractivity contribution is 7.89. The molecule has 1 rings (SSSR count). The van der Waals surface area contributed by atoms with Crippen LogP contribution in [0.25, 0.3) is 0 Å². The number of nitrogens with one attached hydrogen (secondary N) is 1. The molecule has 19 heavy (non-hydrogen) atoms. The number of benzene rings is 1. The molecule has 0 heterocycles. The molecule has 0 radical (unpaired) electrons. The Hall–Kier alpha value is -1.49. The molecule has 0 aliphatic carbocycles. The highest BCUT2D eigenvalue weighted by atomic mass is 32.2. The van der Waals surface area contributed by atoms with Crippen molar-refractivity contribution in [2.24, 2.45) is 5.41 Å². The van der Waals surface area contributed by atoms with E-state index < -0.39 is 21.3 Å². The average molecular weight is 286 g/mol. The van der Waals surface area contributed by atoms with Gasteiger partial charge in [0, 0.05) is 18.6 Å². The van der Waals surface area contributed by atoms with Crippen molar-refractivity contribution in [3.63, 3.8) is 0 Å². The first-order valence-electron chi connectivity index (χ1n) is 5.52. The van der Waals surface area contributed by atoms with Crippen LogP contribution in [0.3, 0.4) is 0 Å². The monoisotopic (exact) mass is 286 g/mol. The van der Waals surface area contributed by atoms with Gasteiger partial charge in [0.15, 0.2) is 0 Å². The molecule has 0 saturated carbocycles. The Morgan fingerprint density at radius 2 is 2.11 bits per heavy atom. The molecule has 0 bridgehead atoms. The maximum absolute atomic E-state index is 13.1. The van der Waals surface area contributed by atoms with Gasteiger partial charge in [0.1, 0.15) is 11.9 Å². The third-order valence-electron chi connectivity index (χ3n) is 2.54. The summed E-state index contributed by atoms with van der Waals surface area (Å²) in [7, 11) is -3.83. The van der Waals surface area contributed by atoms with Crippen LogP contribution in [0, 0.1) is 22.6 Å². The van der Waals surface area contributed by atoms with Crippen LogP contribution in [0.1, 0.15) is 19.4 Å². The quantitative estimate of drug-likeness (QED) is 0.844. The van der Waals surface area contributed by atoms with E-state index in [-0.39, 0.29) is 23.6 Å². The Balaban J connectivity index is 2.99. The smallest absolute Gasteiger partial charge is 0.240 e. The molecular formula is C12H15FN2O3S. The van der Waals surface area contributed by atoms with Gasteiger partial charge in [-0.25, -0.2) is 17.5 Å². The molecule has 0 amide bonds. The molecule has 7 heteroatoms. The van der Waals surface area contributed by atoms with Gasteiger partial charge in [0.2, 0.25) is 10.0 Å². The summed E-state index contributed by atoms with van der Waals surface area (Å²) in [5, 5.41) is 17.7. The van der Waals surface area contributed by atoms with Gasteiger partial charge >= 0.3 is 0 Å². The fraction of sp³-hybridized carbons (Fsp3) is 0.417. The SMILES string of the molecule is CC(C)(CO)CNS(=O)(=O)c1ccc(F)c(C#N)c1. The van der Waals surface area contributed by atoms with Crippen LogP contribution in [-0.2, 0) is 10.0 Å². The lowest BCUT2D eigenvalue weighted by Gasteiger charge is -2.21. The molecule has 0 spiro atoms. The Bertz CT molecular complexity index is 606. The molecule has 2 N–H and O–H groups in total. The van der Waals surface area contributed by atoms with Crippen LogP contribution < -0.4 is 4.72 Å². The third-order valence-corrected chi connectivity index (χ3v) is 3.94. The summed E-state index contributed by atoms with van der Waals surface area (Å²) in [6, 6.07) is 4.58. The van der Waals surface area contributed by atoms with Crippen LogP contribution in [-0.4, -0.2) is 26.7 Å². The van der Waals surface area contributed by atoms with E-state index >= 15 is 0 Å². The minimum absolute atomic E-state index is 0.0328. The molecule has 0 aliphatic rings. The molecule has 0 saturated heterocycles. The minimum Gasteiger partial charge on any atom is -0.396 e. The predicted molar refractivity (Wildman–Crippen MR) is 67.2 cm³/mol. The number of halogens is 1. The Morgan fingerprint density at radius 3 is 2.63 bits per heavy atom. The standard InChI is InChI=1S/C12H15FN2O3S/c1-12(2,8-16)7-15-19(17,18)10-3-4-11(13)9(5-10)6-14/h3-5,15-16H,7-8H2,1-2H3. The number of rotatable bonds is 5. The molecular weight excluding hydrogens is 271 g/mol. The first-order valence-corrected chi connectivity index (χ1v) is 7.00. The number of hydrogen-bond donors (Lipinski definition) is 2. The van der Waals surface area contributed by atoms with Crippen molar-refractivity contribution < 1.29 is 17.9 Å². The molecule has 1 aromatic rings. The lowest BCUT2D eigenvalue weighted by atomic mass is 9.96. The minimum atomic E-state index is -3.83. The average Bonchev–Trinajstić information content (AvgIpc) is 2.37. The van der Waals surface area contributed by atoms with Crippen LogP contribution in [0.15, 0.2) is 23.1 Å². The zero-order valence-electron chi connectivity index (χ0n) is 10.6. The Morgan fingerprint density at radius 1 is 1.47 bits per heavy atom. The van der Waals surface area contributed by atoms with Gasteiger partial charge in [-0.15, -0.1) is 0 Å². The molecule has 104 valence electrons. The molecule has 5 nitrogen and oxygen atoms in total. The van der Waals surface area contributed by atoms with Crippen LogP contribution >= 0.6 is 0 Å². The summed E-state index contributed by atoms with van der Waals surface area (Å²) in [4.78, 5) is -0.181. The summed E-state index contributed by atoms with van der Waals surface area (Å²) < 4.78 is 39.3. The number of nitrogens with zero attached hydrogens (tertiary/aromatic N) is 1. The first kappa shape index (κ1) is 15.6. The zero-order chi connectivity index (χ0) is 14.7. The number of nitriles is 1. The van der Waals surface area contributed by atoms with Gasteiger partial charge in [0.25, 0.3) is 0 Å². The lowest BCUT2D eigenvalue weighted by Crippen LogP contribution is -2.36. The summed E-state index contributed by atoms with van der Waals surface area (Å²) >= 11 is 0. The van der Waals surface area contributed by atoms with E-state index in [2.05, 4.69) is 4.72 Å². The number of aliphatic hydroxyl groups excluding tert-OH is 1. The first-order chi connectivity index (χ1) is 8.72. The van der Waals surface area contributed by atoms with Crippen molar-refractivity contribution >= 4 is 10.0 Å². The fourth-order valence-electron chi connectivity index (χ4n) is 1.19. The molecule has 0 aromatic heterocycles. The molecule has 0 atom stereocenters. The largest absolute Gasteiger partial charge is 0.396 e. The number of aliphatic hydroxyl groups is 1. The second-order valence-corrected chi connectivity index (χ2v) is 6.67. The van der Waals surface area contributed by atoms with Gasteiger partial charge in [0.05, 0.1) is 10.5 Å². The van der Waals surface area contributed by atoms with E-state index in [0.717, 1.165) is 18.2 Å². The van der Waals surface area contributed by atoms with Crippen molar-refractivity contribution in [1.29, 1.82) is 5.26 Å². The van der Waals surface area contributed by atoms with Gasteiger partial charge in [-0.3, -0.25) is 0 Å². The Labute approximate surface area is 111 Å². The second-order valence-electron chi connectivity index (χ2n) is 4.90. The molecule has 0 fully saturated rings. The second kappa shape index (κ2) is 5.65. The van der Waals surface area contributed by atoms with Crippen LogP contribution in [0.5, 0.6) is 0 Å². The van der Waals surface area contributed by atoms with Gasteiger partial charge < -0.3 is 5.11 Å². The van der Waals surface area contributed by atoms with Gasteiger partial charge in [-0.05, 0) is 18.2 Å². The molecule has 1 aromatic carbocycles. The van der Waals surface area contributed by atoms with E-state index in [1.807, 2.05) is 0 Å².